The summed E-state index contributed by atoms with van der Waals surface area (Å²) in [5.41, 5.74) is 0. The summed E-state index contributed by atoms with van der Waals surface area (Å²) in [4.78, 5) is 11.6. The molecule has 1 unspecified atom stereocenters. The van der Waals surface area contributed by atoms with E-state index in [1.165, 1.54) is 19.3 Å². The zero-order valence-corrected chi connectivity index (χ0v) is 9.83. The molecule has 0 spiro atoms. The Balaban J connectivity index is 2.20. The van der Waals surface area contributed by atoms with E-state index in [0.29, 0.717) is 18.3 Å². The molecule has 1 atom stereocenters. The minimum atomic E-state index is -0.0578. The van der Waals surface area contributed by atoms with Gasteiger partial charge in [0.25, 0.3) is 0 Å². The molecular weight excluding hydrogens is 190 g/mol. The van der Waals surface area contributed by atoms with Gasteiger partial charge in [-0.3, -0.25) is 4.79 Å². The molecule has 88 valence electrons. The summed E-state index contributed by atoms with van der Waals surface area (Å²) in [6.45, 7) is 4.25. The van der Waals surface area contributed by atoms with Gasteiger partial charge in [-0.05, 0) is 31.1 Å². The maximum absolute atomic E-state index is 11.6. The number of nitrogens with one attached hydrogen (secondary N) is 1. The molecule has 0 aromatic heterocycles. The maximum Gasteiger partial charge on any atom is 0.220 e. The molecule has 0 saturated heterocycles. The molecule has 1 rings (SSSR count). The van der Waals surface area contributed by atoms with Crippen molar-refractivity contribution in [1.29, 1.82) is 0 Å². The average molecular weight is 213 g/mol. The minimum absolute atomic E-state index is 0.0502. The fraction of sp³-hybridized carbons (Fsp3) is 0.917. The van der Waals surface area contributed by atoms with Crippen molar-refractivity contribution in [2.24, 2.45) is 11.8 Å². The zero-order valence-electron chi connectivity index (χ0n) is 9.83. The van der Waals surface area contributed by atoms with Crippen LogP contribution in [-0.4, -0.2) is 23.7 Å². The van der Waals surface area contributed by atoms with Crippen LogP contribution in [0.4, 0.5) is 0 Å². The molecule has 1 fully saturated rings. The molecule has 1 aliphatic carbocycles. The minimum Gasteiger partial charge on any atom is -0.394 e. The van der Waals surface area contributed by atoms with E-state index in [0.717, 1.165) is 6.42 Å². The molecule has 0 bridgehead atoms. The summed E-state index contributed by atoms with van der Waals surface area (Å²) < 4.78 is 0. The third-order valence-corrected chi connectivity index (χ3v) is 3.04. The smallest absolute Gasteiger partial charge is 0.220 e. The second kappa shape index (κ2) is 6.11. The summed E-state index contributed by atoms with van der Waals surface area (Å²) in [6.07, 6.45) is 5.16. The van der Waals surface area contributed by atoms with E-state index in [-0.39, 0.29) is 18.6 Å². The highest BCUT2D eigenvalue weighted by molar-refractivity contribution is 5.76. The van der Waals surface area contributed by atoms with Gasteiger partial charge in [0.1, 0.15) is 0 Å². The molecule has 1 amide bonds. The van der Waals surface area contributed by atoms with Gasteiger partial charge in [0, 0.05) is 6.42 Å². The van der Waals surface area contributed by atoms with Crippen LogP contribution in [0.25, 0.3) is 0 Å². The molecule has 3 nitrogen and oxygen atoms in total. The summed E-state index contributed by atoms with van der Waals surface area (Å²) in [7, 11) is 0. The van der Waals surface area contributed by atoms with Gasteiger partial charge in [-0.2, -0.15) is 0 Å². The number of amides is 1. The first-order valence-corrected chi connectivity index (χ1v) is 6.02. The molecule has 0 aromatic rings. The fourth-order valence-corrected chi connectivity index (χ4v) is 1.99. The lowest BCUT2D eigenvalue weighted by molar-refractivity contribution is -0.123. The van der Waals surface area contributed by atoms with Crippen molar-refractivity contribution >= 4 is 5.91 Å². The Morgan fingerprint density at radius 3 is 2.53 bits per heavy atom. The Labute approximate surface area is 92.3 Å². The summed E-state index contributed by atoms with van der Waals surface area (Å²) >= 11 is 0. The average Bonchev–Trinajstić information content (AvgIpc) is 2.09. The largest absolute Gasteiger partial charge is 0.394 e. The van der Waals surface area contributed by atoms with Gasteiger partial charge >= 0.3 is 0 Å². The molecule has 0 heterocycles. The first kappa shape index (κ1) is 12.5. The third kappa shape index (κ3) is 4.65. The maximum atomic E-state index is 11.6. The Morgan fingerprint density at radius 2 is 2.13 bits per heavy atom. The Bertz CT molecular complexity index is 200. The first-order valence-electron chi connectivity index (χ1n) is 6.02. The normalized spacial score (nSPS) is 18.7. The van der Waals surface area contributed by atoms with E-state index in [1.807, 2.05) is 0 Å². The molecule has 1 aliphatic rings. The number of hydrogen-bond donors (Lipinski definition) is 2. The van der Waals surface area contributed by atoms with Crippen LogP contribution in [0.5, 0.6) is 0 Å². The summed E-state index contributed by atoms with van der Waals surface area (Å²) in [5.74, 6) is 1.22. The lowest BCUT2D eigenvalue weighted by Gasteiger charge is -2.26. The van der Waals surface area contributed by atoms with Crippen molar-refractivity contribution in [2.75, 3.05) is 6.61 Å². The quantitative estimate of drug-likeness (QED) is 0.705. The van der Waals surface area contributed by atoms with Crippen molar-refractivity contribution in [3.63, 3.8) is 0 Å². The number of hydrogen-bond acceptors (Lipinski definition) is 2. The standard InChI is InChI=1S/C12H23NO2/c1-9(2)6-11(8-14)13-12(15)7-10-4-3-5-10/h9-11,14H,3-8H2,1-2H3,(H,13,15). The molecule has 0 aromatic carbocycles. The first-order chi connectivity index (χ1) is 7.11. The van der Waals surface area contributed by atoms with Gasteiger partial charge in [-0.25, -0.2) is 0 Å². The summed E-state index contributed by atoms with van der Waals surface area (Å²) in [5, 5.41) is 12.0. The lowest BCUT2D eigenvalue weighted by Crippen LogP contribution is -2.39. The molecule has 2 N–H and O–H groups in total. The highest BCUT2D eigenvalue weighted by atomic mass is 16.3. The number of aliphatic hydroxyl groups excluding tert-OH is 1. The zero-order chi connectivity index (χ0) is 11.3. The van der Waals surface area contributed by atoms with Crippen LogP contribution in [0.1, 0.15) is 46.0 Å². The van der Waals surface area contributed by atoms with Gasteiger partial charge in [0.15, 0.2) is 0 Å². The van der Waals surface area contributed by atoms with Gasteiger partial charge in [0.05, 0.1) is 12.6 Å². The van der Waals surface area contributed by atoms with Crippen molar-refractivity contribution in [3.8, 4) is 0 Å². The molecular formula is C12H23NO2. The number of carbonyl (C=O) groups is 1. The predicted molar refractivity (Wildman–Crippen MR) is 60.4 cm³/mol. The van der Waals surface area contributed by atoms with Crippen LogP contribution >= 0.6 is 0 Å². The number of carbonyl (C=O) groups excluding carboxylic acids is 1. The van der Waals surface area contributed by atoms with Crippen molar-refractivity contribution in [1.82, 2.24) is 5.32 Å². The second-order valence-corrected chi connectivity index (χ2v) is 5.08. The second-order valence-electron chi connectivity index (χ2n) is 5.08. The van der Waals surface area contributed by atoms with Gasteiger partial charge in [0.2, 0.25) is 5.91 Å². The van der Waals surface area contributed by atoms with Crippen LogP contribution in [0.15, 0.2) is 0 Å². The van der Waals surface area contributed by atoms with E-state index in [1.54, 1.807) is 0 Å². The van der Waals surface area contributed by atoms with E-state index in [2.05, 4.69) is 19.2 Å². The van der Waals surface area contributed by atoms with E-state index in [9.17, 15) is 4.79 Å². The van der Waals surface area contributed by atoms with Crippen molar-refractivity contribution in [3.05, 3.63) is 0 Å². The number of aliphatic hydroxyl groups is 1. The van der Waals surface area contributed by atoms with Gasteiger partial charge in [-0.1, -0.05) is 20.3 Å². The fourth-order valence-electron chi connectivity index (χ4n) is 1.99. The molecule has 3 heteroatoms. The Kier molecular flexibility index (Phi) is 5.09. The highest BCUT2D eigenvalue weighted by Crippen LogP contribution is 2.29. The highest BCUT2D eigenvalue weighted by Gasteiger charge is 2.22. The predicted octanol–water partition coefficient (Wildman–Crippen LogP) is 1.70. The molecule has 15 heavy (non-hydrogen) atoms. The third-order valence-electron chi connectivity index (χ3n) is 3.04. The van der Waals surface area contributed by atoms with Gasteiger partial charge in [-0.15, -0.1) is 0 Å². The lowest BCUT2D eigenvalue weighted by atomic mass is 9.83. The monoisotopic (exact) mass is 213 g/mol. The van der Waals surface area contributed by atoms with Crippen molar-refractivity contribution in [2.45, 2.75) is 52.0 Å². The molecule has 0 radical (unpaired) electrons. The topological polar surface area (TPSA) is 49.3 Å². The summed E-state index contributed by atoms with van der Waals surface area (Å²) in [6, 6.07) is -0.0578. The van der Waals surface area contributed by atoms with Crippen molar-refractivity contribution < 1.29 is 9.90 Å². The van der Waals surface area contributed by atoms with Crippen LogP contribution in [-0.2, 0) is 4.79 Å². The molecule has 0 aliphatic heterocycles. The number of rotatable bonds is 6. The Hall–Kier alpha value is -0.570. The Morgan fingerprint density at radius 1 is 1.47 bits per heavy atom. The van der Waals surface area contributed by atoms with Crippen LogP contribution in [0.3, 0.4) is 0 Å². The van der Waals surface area contributed by atoms with E-state index >= 15 is 0 Å². The molecule has 1 saturated carbocycles. The van der Waals surface area contributed by atoms with Crippen LogP contribution in [0.2, 0.25) is 0 Å². The SMILES string of the molecule is CC(C)CC(CO)NC(=O)CC1CCC1. The van der Waals surface area contributed by atoms with E-state index in [4.69, 9.17) is 5.11 Å². The van der Waals surface area contributed by atoms with Gasteiger partial charge < -0.3 is 10.4 Å². The van der Waals surface area contributed by atoms with Crippen LogP contribution < -0.4 is 5.32 Å². The van der Waals surface area contributed by atoms with E-state index < -0.39 is 0 Å². The van der Waals surface area contributed by atoms with Crippen LogP contribution in [0, 0.1) is 11.8 Å².